The van der Waals surface area contributed by atoms with Gasteiger partial charge in [0.15, 0.2) is 0 Å². The van der Waals surface area contributed by atoms with Crippen LogP contribution in [0, 0.1) is 6.92 Å². The largest absolute Gasteiger partial charge is 0.492 e. The first-order valence-electron chi connectivity index (χ1n) is 7.14. The maximum atomic E-state index is 5.72. The average molecular weight is 248 g/mol. The summed E-state index contributed by atoms with van der Waals surface area (Å²) < 4.78 is 5.72. The predicted octanol–water partition coefficient (Wildman–Crippen LogP) is 3.08. The molecule has 0 atom stereocenters. The van der Waals surface area contributed by atoms with Crippen molar-refractivity contribution in [1.82, 2.24) is 10.3 Å². The summed E-state index contributed by atoms with van der Waals surface area (Å²) in [7, 11) is 0. The van der Waals surface area contributed by atoms with Crippen LogP contribution in [0.25, 0.3) is 0 Å². The maximum absolute atomic E-state index is 5.72. The minimum atomic E-state index is 0.749. The Balaban J connectivity index is 1.57. The Morgan fingerprint density at radius 1 is 1.33 bits per heavy atom. The van der Waals surface area contributed by atoms with Crippen molar-refractivity contribution in [2.75, 3.05) is 13.2 Å². The van der Waals surface area contributed by atoms with Gasteiger partial charge in [0.2, 0.25) is 0 Å². The zero-order valence-electron chi connectivity index (χ0n) is 11.3. The van der Waals surface area contributed by atoms with E-state index in [2.05, 4.69) is 10.3 Å². The van der Waals surface area contributed by atoms with Crippen LogP contribution >= 0.6 is 0 Å². The molecule has 0 bridgehead atoms. The van der Waals surface area contributed by atoms with E-state index in [1.807, 2.05) is 19.1 Å². The second kappa shape index (κ2) is 7.37. The zero-order valence-corrected chi connectivity index (χ0v) is 11.3. The number of nitrogens with one attached hydrogen (secondary N) is 1. The third kappa shape index (κ3) is 4.30. The Bertz CT molecular complexity index is 348. The first-order chi connectivity index (χ1) is 8.86. The second-order valence-electron chi connectivity index (χ2n) is 5.08. The number of hydrogen-bond donors (Lipinski definition) is 1. The zero-order chi connectivity index (χ0) is 12.6. The van der Waals surface area contributed by atoms with Gasteiger partial charge in [-0.25, -0.2) is 0 Å². The number of aromatic nitrogens is 1. The lowest BCUT2D eigenvalue weighted by Crippen LogP contribution is -2.32. The molecular weight excluding hydrogens is 224 g/mol. The van der Waals surface area contributed by atoms with Crippen LogP contribution in [0.1, 0.15) is 44.2 Å². The highest BCUT2D eigenvalue weighted by Gasteiger charge is 2.11. The smallest absolute Gasteiger partial charge is 0.140 e. The molecule has 1 aromatic heterocycles. The average Bonchev–Trinajstić information content (AvgIpc) is 2.42. The highest BCUT2D eigenvalue weighted by atomic mass is 16.5. The fourth-order valence-corrected chi connectivity index (χ4v) is 2.49. The molecule has 1 aliphatic rings. The Labute approximate surface area is 110 Å². The summed E-state index contributed by atoms with van der Waals surface area (Å²) in [6, 6.07) is 4.65. The van der Waals surface area contributed by atoms with Gasteiger partial charge in [-0.2, -0.15) is 0 Å². The molecule has 1 aliphatic carbocycles. The highest BCUT2D eigenvalue weighted by Crippen LogP contribution is 2.17. The fourth-order valence-electron chi connectivity index (χ4n) is 2.49. The van der Waals surface area contributed by atoms with Gasteiger partial charge in [0, 0.05) is 12.2 Å². The highest BCUT2D eigenvalue weighted by molar-refractivity contribution is 5.25. The standard InChI is InChI=1S/C15H24N2O/c1-13-15(9-5-10-16-13)18-12-6-11-17-14-7-3-2-4-8-14/h5,9-10,14,17H,2-4,6-8,11-12H2,1H3. The molecule has 0 spiro atoms. The molecule has 0 radical (unpaired) electrons. The van der Waals surface area contributed by atoms with E-state index < -0.39 is 0 Å². The molecule has 0 saturated heterocycles. The number of hydrogen-bond acceptors (Lipinski definition) is 3. The first-order valence-corrected chi connectivity index (χ1v) is 7.14. The lowest BCUT2D eigenvalue weighted by molar-refractivity contribution is 0.294. The van der Waals surface area contributed by atoms with E-state index in [-0.39, 0.29) is 0 Å². The summed E-state index contributed by atoms with van der Waals surface area (Å²) in [4.78, 5) is 4.21. The quantitative estimate of drug-likeness (QED) is 0.786. The van der Waals surface area contributed by atoms with Crippen LogP contribution in [-0.2, 0) is 0 Å². The van der Waals surface area contributed by atoms with Crippen LogP contribution in [0.5, 0.6) is 5.75 Å². The summed E-state index contributed by atoms with van der Waals surface area (Å²) in [5, 5.41) is 3.63. The molecule has 1 fully saturated rings. The van der Waals surface area contributed by atoms with Crippen molar-refractivity contribution in [3.8, 4) is 5.75 Å². The van der Waals surface area contributed by atoms with Crippen LogP contribution in [0.15, 0.2) is 18.3 Å². The molecule has 1 heterocycles. The molecule has 1 N–H and O–H groups in total. The Hall–Kier alpha value is -1.09. The number of nitrogens with zero attached hydrogens (tertiary/aromatic N) is 1. The predicted molar refractivity (Wildman–Crippen MR) is 74.0 cm³/mol. The van der Waals surface area contributed by atoms with Crippen LogP contribution in [-0.4, -0.2) is 24.2 Å². The summed E-state index contributed by atoms with van der Waals surface area (Å²) in [6.07, 6.45) is 9.76. The topological polar surface area (TPSA) is 34.1 Å². The number of pyridine rings is 1. The normalized spacial score (nSPS) is 16.7. The van der Waals surface area contributed by atoms with Gasteiger partial charge < -0.3 is 10.1 Å². The van der Waals surface area contributed by atoms with Gasteiger partial charge in [-0.15, -0.1) is 0 Å². The van der Waals surface area contributed by atoms with Gasteiger partial charge >= 0.3 is 0 Å². The second-order valence-corrected chi connectivity index (χ2v) is 5.08. The molecule has 1 aromatic rings. The van der Waals surface area contributed by atoms with Crippen molar-refractivity contribution >= 4 is 0 Å². The Kier molecular flexibility index (Phi) is 5.46. The monoisotopic (exact) mass is 248 g/mol. The maximum Gasteiger partial charge on any atom is 0.140 e. The number of aryl methyl sites for hydroxylation is 1. The summed E-state index contributed by atoms with van der Waals surface area (Å²) in [5.41, 5.74) is 0.970. The molecule has 1 saturated carbocycles. The first kappa shape index (κ1) is 13.3. The third-order valence-corrected chi connectivity index (χ3v) is 3.58. The van der Waals surface area contributed by atoms with Crippen LogP contribution in [0.3, 0.4) is 0 Å². The van der Waals surface area contributed by atoms with E-state index in [9.17, 15) is 0 Å². The minimum Gasteiger partial charge on any atom is -0.492 e. The van der Waals surface area contributed by atoms with Crippen molar-refractivity contribution in [3.05, 3.63) is 24.0 Å². The van der Waals surface area contributed by atoms with E-state index in [0.29, 0.717) is 0 Å². The molecule has 100 valence electrons. The Morgan fingerprint density at radius 2 is 2.17 bits per heavy atom. The van der Waals surface area contributed by atoms with Crippen molar-refractivity contribution in [3.63, 3.8) is 0 Å². The van der Waals surface area contributed by atoms with E-state index in [1.54, 1.807) is 6.20 Å². The van der Waals surface area contributed by atoms with Crippen molar-refractivity contribution in [2.24, 2.45) is 0 Å². The van der Waals surface area contributed by atoms with Crippen molar-refractivity contribution in [2.45, 2.75) is 51.5 Å². The lowest BCUT2D eigenvalue weighted by atomic mass is 9.95. The van der Waals surface area contributed by atoms with Crippen molar-refractivity contribution < 1.29 is 4.74 Å². The van der Waals surface area contributed by atoms with Gasteiger partial charge in [0.25, 0.3) is 0 Å². The van der Waals surface area contributed by atoms with E-state index >= 15 is 0 Å². The number of ether oxygens (including phenoxy) is 1. The van der Waals surface area contributed by atoms with Crippen molar-refractivity contribution in [1.29, 1.82) is 0 Å². The van der Waals surface area contributed by atoms with Gasteiger partial charge in [-0.1, -0.05) is 19.3 Å². The molecule has 2 rings (SSSR count). The molecule has 18 heavy (non-hydrogen) atoms. The van der Waals surface area contributed by atoms with E-state index in [0.717, 1.165) is 37.1 Å². The molecule has 0 aliphatic heterocycles. The van der Waals surface area contributed by atoms with Crippen LogP contribution < -0.4 is 10.1 Å². The van der Waals surface area contributed by atoms with Crippen LogP contribution in [0.4, 0.5) is 0 Å². The van der Waals surface area contributed by atoms with Gasteiger partial charge in [-0.05, 0) is 44.9 Å². The molecule has 0 unspecified atom stereocenters. The summed E-state index contributed by atoms with van der Waals surface area (Å²) in [5.74, 6) is 0.912. The van der Waals surface area contributed by atoms with Gasteiger partial charge in [0.05, 0.1) is 12.3 Å². The molecule has 0 aromatic carbocycles. The summed E-state index contributed by atoms with van der Waals surface area (Å²) in [6.45, 7) is 3.81. The van der Waals surface area contributed by atoms with Gasteiger partial charge in [-0.3, -0.25) is 4.98 Å². The molecular formula is C15H24N2O. The van der Waals surface area contributed by atoms with Crippen LogP contribution in [0.2, 0.25) is 0 Å². The Morgan fingerprint density at radius 3 is 2.94 bits per heavy atom. The minimum absolute atomic E-state index is 0.749. The third-order valence-electron chi connectivity index (χ3n) is 3.58. The molecule has 0 amide bonds. The summed E-state index contributed by atoms with van der Waals surface area (Å²) >= 11 is 0. The van der Waals surface area contributed by atoms with Gasteiger partial charge in [0.1, 0.15) is 5.75 Å². The number of rotatable bonds is 6. The fraction of sp³-hybridized carbons (Fsp3) is 0.667. The molecule has 3 nitrogen and oxygen atoms in total. The van der Waals surface area contributed by atoms with E-state index in [4.69, 9.17) is 4.74 Å². The van der Waals surface area contributed by atoms with E-state index in [1.165, 1.54) is 32.1 Å². The molecule has 3 heteroatoms. The lowest BCUT2D eigenvalue weighted by Gasteiger charge is -2.22. The SMILES string of the molecule is Cc1ncccc1OCCCNC1CCCCC1.